The first kappa shape index (κ1) is 18.9. The number of anilines is 1. The molecule has 1 aromatic heterocycles. The number of halogens is 2. The van der Waals surface area contributed by atoms with Crippen LogP contribution in [0.2, 0.25) is 0 Å². The molecular weight excluding hydrogens is 386 g/mol. The molecule has 4 atom stereocenters. The highest BCUT2D eigenvalue weighted by molar-refractivity contribution is 5.94. The number of carbonyl (C=O) groups excluding carboxylic acids is 1. The molecule has 1 amide bonds. The lowest BCUT2D eigenvalue weighted by atomic mass is 9.76. The van der Waals surface area contributed by atoms with Crippen molar-refractivity contribution in [3.05, 3.63) is 84.2 Å². The van der Waals surface area contributed by atoms with E-state index >= 15 is 0 Å². The van der Waals surface area contributed by atoms with Gasteiger partial charge in [-0.2, -0.15) is 0 Å². The number of benzene rings is 2. The van der Waals surface area contributed by atoms with Crippen LogP contribution in [0, 0.1) is 17.6 Å². The first-order chi connectivity index (χ1) is 14.6. The Labute approximate surface area is 172 Å². The Bertz CT molecular complexity index is 1090. The van der Waals surface area contributed by atoms with Crippen molar-refractivity contribution in [3.63, 3.8) is 0 Å². The smallest absolute Gasteiger partial charge is 0.230 e. The van der Waals surface area contributed by atoms with E-state index in [0.717, 1.165) is 18.5 Å². The topological polar surface area (TPSA) is 51.2 Å². The van der Waals surface area contributed by atoms with E-state index in [1.165, 1.54) is 24.3 Å². The van der Waals surface area contributed by atoms with Crippen LogP contribution >= 0.6 is 0 Å². The SMILES string of the molecule is O=C(Nc1ccc(-c2ccccc2F)c(F)c1)[C@@H]1[C@@H](c2ccccn2)[C@@H]2CC[C@H]1O2. The molecule has 5 rings (SSSR count). The number of aromatic nitrogens is 1. The molecule has 152 valence electrons. The molecule has 2 aromatic carbocycles. The minimum Gasteiger partial charge on any atom is -0.373 e. The van der Waals surface area contributed by atoms with Crippen LogP contribution in [-0.4, -0.2) is 23.1 Å². The van der Waals surface area contributed by atoms with Crippen LogP contribution in [0.5, 0.6) is 0 Å². The summed E-state index contributed by atoms with van der Waals surface area (Å²) in [7, 11) is 0. The molecule has 2 saturated heterocycles. The highest BCUT2D eigenvalue weighted by Crippen LogP contribution is 2.48. The molecule has 2 bridgehead atoms. The van der Waals surface area contributed by atoms with Crippen molar-refractivity contribution in [2.45, 2.75) is 31.0 Å². The van der Waals surface area contributed by atoms with Gasteiger partial charge in [-0.05, 0) is 49.2 Å². The predicted molar refractivity (Wildman–Crippen MR) is 109 cm³/mol. The van der Waals surface area contributed by atoms with Gasteiger partial charge >= 0.3 is 0 Å². The van der Waals surface area contributed by atoms with Gasteiger partial charge in [0.25, 0.3) is 0 Å². The van der Waals surface area contributed by atoms with E-state index in [1.54, 1.807) is 24.4 Å². The largest absolute Gasteiger partial charge is 0.373 e. The summed E-state index contributed by atoms with van der Waals surface area (Å²) < 4.78 is 34.7. The van der Waals surface area contributed by atoms with E-state index in [9.17, 15) is 13.6 Å². The van der Waals surface area contributed by atoms with Gasteiger partial charge in [0.05, 0.1) is 18.1 Å². The number of ether oxygens (including phenoxy) is 1. The number of carbonyl (C=O) groups is 1. The third-order valence-electron chi connectivity index (χ3n) is 6.01. The van der Waals surface area contributed by atoms with Gasteiger partial charge in [-0.25, -0.2) is 8.78 Å². The number of amides is 1. The molecule has 0 saturated carbocycles. The lowest BCUT2D eigenvalue weighted by molar-refractivity contribution is -0.121. The first-order valence-electron chi connectivity index (χ1n) is 10.0. The number of pyridine rings is 1. The van der Waals surface area contributed by atoms with Gasteiger partial charge in [-0.15, -0.1) is 0 Å². The molecular formula is C24H20F2N2O2. The van der Waals surface area contributed by atoms with Gasteiger partial charge in [0.1, 0.15) is 11.6 Å². The van der Waals surface area contributed by atoms with E-state index < -0.39 is 11.6 Å². The normalized spacial score (nSPS) is 24.7. The lowest BCUT2D eigenvalue weighted by Gasteiger charge is -2.26. The summed E-state index contributed by atoms with van der Waals surface area (Å²) in [5.41, 5.74) is 1.51. The molecule has 0 radical (unpaired) electrons. The van der Waals surface area contributed by atoms with Crippen LogP contribution < -0.4 is 5.32 Å². The van der Waals surface area contributed by atoms with Crippen molar-refractivity contribution in [1.29, 1.82) is 0 Å². The zero-order valence-corrected chi connectivity index (χ0v) is 16.1. The summed E-state index contributed by atoms with van der Waals surface area (Å²) in [5.74, 6) is -1.80. The van der Waals surface area contributed by atoms with Gasteiger partial charge < -0.3 is 10.1 Å². The lowest BCUT2D eigenvalue weighted by Crippen LogP contribution is -2.36. The molecule has 6 heteroatoms. The van der Waals surface area contributed by atoms with Gasteiger partial charge in [0, 0.05) is 34.6 Å². The summed E-state index contributed by atoms with van der Waals surface area (Å²) >= 11 is 0. The number of fused-ring (bicyclic) bond motifs is 2. The van der Waals surface area contributed by atoms with Crippen LogP contribution in [-0.2, 0) is 9.53 Å². The Morgan fingerprint density at radius 1 is 0.933 bits per heavy atom. The minimum absolute atomic E-state index is 0.0270. The van der Waals surface area contributed by atoms with Crippen molar-refractivity contribution in [2.24, 2.45) is 5.92 Å². The van der Waals surface area contributed by atoms with Crippen molar-refractivity contribution < 1.29 is 18.3 Å². The number of rotatable bonds is 4. The van der Waals surface area contributed by atoms with E-state index in [1.807, 2.05) is 18.2 Å². The van der Waals surface area contributed by atoms with Gasteiger partial charge in [0.15, 0.2) is 0 Å². The van der Waals surface area contributed by atoms with Crippen molar-refractivity contribution in [2.75, 3.05) is 5.32 Å². The Morgan fingerprint density at radius 3 is 2.47 bits per heavy atom. The number of hydrogen-bond acceptors (Lipinski definition) is 3. The molecule has 0 unspecified atom stereocenters. The summed E-state index contributed by atoms with van der Waals surface area (Å²) in [6.45, 7) is 0. The summed E-state index contributed by atoms with van der Waals surface area (Å²) in [5, 5.41) is 2.82. The highest BCUT2D eigenvalue weighted by Gasteiger charge is 2.53. The van der Waals surface area contributed by atoms with Gasteiger partial charge in [-0.3, -0.25) is 9.78 Å². The maximum Gasteiger partial charge on any atom is 0.230 e. The average Bonchev–Trinajstić information content (AvgIpc) is 3.37. The Hall–Kier alpha value is -3.12. The molecule has 30 heavy (non-hydrogen) atoms. The van der Waals surface area contributed by atoms with Crippen LogP contribution in [0.3, 0.4) is 0 Å². The fourth-order valence-electron chi connectivity index (χ4n) is 4.68. The second-order valence-electron chi connectivity index (χ2n) is 7.76. The molecule has 0 aliphatic carbocycles. The summed E-state index contributed by atoms with van der Waals surface area (Å²) in [4.78, 5) is 17.5. The molecule has 0 spiro atoms. The Morgan fingerprint density at radius 2 is 1.70 bits per heavy atom. The fraction of sp³-hybridized carbons (Fsp3) is 0.250. The molecule has 2 fully saturated rings. The van der Waals surface area contributed by atoms with Gasteiger partial charge in [-0.1, -0.05) is 24.3 Å². The molecule has 2 aliphatic heterocycles. The second-order valence-corrected chi connectivity index (χ2v) is 7.76. The number of nitrogens with zero attached hydrogens (tertiary/aromatic N) is 1. The quantitative estimate of drug-likeness (QED) is 0.669. The molecule has 3 heterocycles. The minimum atomic E-state index is -0.594. The van der Waals surface area contributed by atoms with Crippen molar-refractivity contribution in [1.82, 2.24) is 4.98 Å². The van der Waals surface area contributed by atoms with E-state index in [-0.39, 0.29) is 41.1 Å². The van der Waals surface area contributed by atoms with Crippen molar-refractivity contribution >= 4 is 11.6 Å². The molecule has 2 aliphatic rings. The highest BCUT2D eigenvalue weighted by atomic mass is 19.1. The standard InChI is InChI=1S/C24H20F2N2O2/c25-17-6-2-1-5-15(17)16-9-8-14(13-18(16)26)28-24(29)23-21-11-10-20(30-21)22(23)19-7-3-4-12-27-19/h1-9,12-13,20-23H,10-11H2,(H,28,29)/t20-,21+,22-,23-/m0/s1. The Kier molecular flexibility index (Phi) is 4.79. The molecule has 4 nitrogen and oxygen atoms in total. The Balaban J connectivity index is 1.39. The van der Waals surface area contributed by atoms with Crippen LogP contribution in [0.25, 0.3) is 11.1 Å². The van der Waals surface area contributed by atoms with E-state index in [2.05, 4.69) is 10.3 Å². The first-order valence-corrected chi connectivity index (χ1v) is 10.0. The predicted octanol–water partition coefficient (Wildman–Crippen LogP) is 4.93. The van der Waals surface area contributed by atoms with Crippen LogP contribution in [0.4, 0.5) is 14.5 Å². The summed E-state index contributed by atoms with van der Waals surface area (Å²) in [6, 6.07) is 16.0. The van der Waals surface area contributed by atoms with Crippen LogP contribution in [0.1, 0.15) is 24.5 Å². The van der Waals surface area contributed by atoms with E-state index in [0.29, 0.717) is 5.69 Å². The maximum absolute atomic E-state index is 14.7. The second kappa shape index (κ2) is 7.61. The number of nitrogens with one attached hydrogen (secondary N) is 1. The van der Waals surface area contributed by atoms with Crippen LogP contribution in [0.15, 0.2) is 66.9 Å². The third-order valence-corrected chi connectivity index (χ3v) is 6.01. The monoisotopic (exact) mass is 406 g/mol. The average molecular weight is 406 g/mol. The summed E-state index contributed by atoms with van der Waals surface area (Å²) in [6.07, 6.45) is 3.26. The number of hydrogen-bond donors (Lipinski definition) is 1. The zero-order valence-electron chi connectivity index (χ0n) is 16.1. The molecule has 1 N–H and O–H groups in total. The third kappa shape index (κ3) is 3.27. The van der Waals surface area contributed by atoms with Crippen molar-refractivity contribution in [3.8, 4) is 11.1 Å². The zero-order chi connectivity index (χ0) is 20.7. The fourth-order valence-corrected chi connectivity index (χ4v) is 4.68. The maximum atomic E-state index is 14.7. The van der Waals surface area contributed by atoms with E-state index in [4.69, 9.17) is 4.74 Å². The molecule has 3 aromatic rings. The van der Waals surface area contributed by atoms with Gasteiger partial charge in [0.2, 0.25) is 5.91 Å².